The first-order valence-corrected chi connectivity index (χ1v) is 6.96. The van der Waals surface area contributed by atoms with Crippen molar-refractivity contribution in [1.82, 2.24) is 10.6 Å². The first-order chi connectivity index (χ1) is 9.58. The van der Waals surface area contributed by atoms with Gasteiger partial charge in [0, 0.05) is 6.54 Å². The number of carbonyl (C=O) groups excluding carboxylic acids is 2. The van der Waals surface area contributed by atoms with E-state index in [1.165, 1.54) is 5.56 Å². The van der Waals surface area contributed by atoms with Gasteiger partial charge in [0.1, 0.15) is 6.04 Å². The molecule has 1 fully saturated rings. The number of amides is 2. The number of hydrogen-bond donors (Lipinski definition) is 3. The van der Waals surface area contributed by atoms with Crippen LogP contribution in [0, 0.1) is 0 Å². The van der Waals surface area contributed by atoms with Crippen LogP contribution in [-0.4, -0.2) is 30.4 Å². The van der Waals surface area contributed by atoms with Gasteiger partial charge in [-0.15, -0.1) is 0 Å². The van der Waals surface area contributed by atoms with Crippen LogP contribution in [0.2, 0.25) is 0 Å². The summed E-state index contributed by atoms with van der Waals surface area (Å²) >= 11 is 0. The minimum atomic E-state index is -0.610. The second kappa shape index (κ2) is 6.52. The topological polar surface area (TPSA) is 84.2 Å². The lowest BCUT2D eigenvalue weighted by Crippen LogP contribution is -2.50. The Morgan fingerprint density at radius 1 is 1.40 bits per heavy atom. The summed E-state index contributed by atoms with van der Waals surface area (Å²) < 4.78 is 0. The SMILES string of the molecule is C[C@H](N)C(=O)N[C@H]1C[C@@H](c2ccccc2)CCNC1=O. The molecule has 0 bridgehead atoms. The monoisotopic (exact) mass is 275 g/mol. The number of rotatable bonds is 3. The zero-order chi connectivity index (χ0) is 14.5. The van der Waals surface area contributed by atoms with Crippen LogP contribution >= 0.6 is 0 Å². The quantitative estimate of drug-likeness (QED) is 0.751. The van der Waals surface area contributed by atoms with Crippen LogP contribution in [0.4, 0.5) is 0 Å². The van der Waals surface area contributed by atoms with Crippen LogP contribution < -0.4 is 16.4 Å². The first kappa shape index (κ1) is 14.5. The number of nitrogens with one attached hydrogen (secondary N) is 2. The van der Waals surface area contributed by atoms with Crippen LogP contribution in [0.5, 0.6) is 0 Å². The maximum atomic E-state index is 12.0. The third kappa shape index (κ3) is 3.57. The molecule has 0 aliphatic carbocycles. The van der Waals surface area contributed by atoms with Gasteiger partial charge < -0.3 is 16.4 Å². The molecule has 1 aliphatic heterocycles. The normalized spacial score (nSPS) is 24.4. The number of benzene rings is 1. The van der Waals surface area contributed by atoms with Crippen molar-refractivity contribution in [2.24, 2.45) is 5.73 Å². The third-order valence-electron chi connectivity index (χ3n) is 3.63. The van der Waals surface area contributed by atoms with E-state index in [0.717, 1.165) is 6.42 Å². The Morgan fingerprint density at radius 3 is 2.75 bits per heavy atom. The van der Waals surface area contributed by atoms with Gasteiger partial charge in [0.2, 0.25) is 11.8 Å². The summed E-state index contributed by atoms with van der Waals surface area (Å²) in [7, 11) is 0. The van der Waals surface area contributed by atoms with E-state index >= 15 is 0 Å². The Bertz CT molecular complexity index is 473. The first-order valence-electron chi connectivity index (χ1n) is 6.96. The summed E-state index contributed by atoms with van der Waals surface area (Å²) in [6.45, 7) is 2.24. The average molecular weight is 275 g/mol. The molecule has 0 radical (unpaired) electrons. The molecule has 1 saturated heterocycles. The van der Waals surface area contributed by atoms with Crippen molar-refractivity contribution < 1.29 is 9.59 Å². The zero-order valence-corrected chi connectivity index (χ0v) is 11.6. The molecule has 5 heteroatoms. The average Bonchev–Trinajstić information content (AvgIpc) is 2.62. The second-order valence-electron chi connectivity index (χ2n) is 5.27. The van der Waals surface area contributed by atoms with Gasteiger partial charge >= 0.3 is 0 Å². The van der Waals surface area contributed by atoms with Crippen LogP contribution in [0.3, 0.4) is 0 Å². The molecule has 2 amide bonds. The van der Waals surface area contributed by atoms with Crippen LogP contribution in [0.25, 0.3) is 0 Å². The lowest BCUT2D eigenvalue weighted by molar-refractivity contribution is -0.129. The van der Waals surface area contributed by atoms with E-state index in [1.807, 2.05) is 18.2 Å². The molecule has 5 nitrogen and oxygen atoms in total. The molecule has 1 aromatic carbocycles. The van der Waals surface area contributed by atoms with Crippen molar-refractivity contribution in [1.29, 1.82) is 0 Å². The molecule has 1 aromatic rings. The molecule has 108 valence electrons. The molecule has 3 atom stereocenters. The minimum absolute atomic E-state index is 0.127. The fraction of sp³-hybridized carbons (Fsp3) is 0.467. The van der Waals surface area contributed by atoms with Crippen LogP contribution in [0.15, 0.2) is 30.3 Å². The highest BCUT2D eigenvalue weighted by molar-refractivity contribution is 5.89. The molecular formula is C15H21N3O2. The highest BCUT2D eigenvalue weighted by Crippen LogP contribution is 2.26. The molecular weight excluding hydrogens is 254 g/mol. The summed E-state index contributed by atoms with van der Waals surface area (Å²) in [6.07, 6.45) is 1.48. The molecule has 0 spiro atoms. The van der Waals surface area contributed by atoms with Gasteiger partial charge in [-0.25, -0.2) is 0 Å². The number of nitrogens with two attached hydrogens (primary N) is 1. The predicted molar refractivity (Wildman–Crippen MR) is 77.0 cm³/mol. The largest absolute Gasteiger partial charge is 0.354 e. The minimum Gasteiger partial charge on any atom is -0.354 e. The fourth-order valence-electron chi connectivity index (χ4n) is 2.46. The highest BCUT2D eigenvalue weighted by atomic mass is 16.2. The maximum Gasteiger partial charge on any atom is 0.242 e. The van der Waals surface area contributed by atoms with E-state index in [-0.39, 0.29) is 17.7 Å². The van der Waals surface area contributed by atoms with Gasteiger partial charge in [-0.3, -0.25) is 9.59 Å². The molecule has 0 saturated carbocycles. The van der Waals surface area contributed by atoms with Crippen molar-refractivity contribution in [3.63, 3.8) is 0 Å². The Hall–Kier alpha value is -1.88. The molecule has 20 heavy (non-hydrogen) atoms. The second-order valence-corrected chi connectivity index (χ2v) is 5.27. The van der Waals surface area contributed by atoms with Crippen molar-refractivity contribution in [2.45, 2.75) is 37.8 Å². The number of hydrogen-bond acceptors (Lipinski definition) is 3. The van der Waals surface area contributed by atoms with E-state index in [1.54, 1.807) is 6.92 Å². The van der Waals surface area contributed by atoms with Crippen molar-refractivity contribution in [3.05, 3.63) is 35.9 Å². The lowest BCUT2D eigenvalue weighted by Gasteiger charge is -2.20. The van der Waals surface area contributed by atoms with Crippen molar-refractivity contribution >= 4 is 11.8 Å². The van der Waals surface area contributed by atoms with Crippen LogP contribution in [-0.2, 0) is 9.59 Å². The van der Waals surface area contributed by atoms with E-state index < -0.39 is 12.1 Å². The lowest BCUT2D eigenvalue weighted by atomic mass is 9.90. The Kier molecular flexibility index (Phi) is 4.74. The van der Waals surface area contributed by atoms with Crippen molar-refractivity contribution in [3.8, 4) is 0 Å². The van der Waals surface area contributed by atoms with Crippen molar-refractivity contribution in [2.75, 3.05) is 6.54 Å². The molecule has 1 heterocycles. The molecule has 0 unspecified atom stereocenters. The van der Waals surface area contributed by atoms with Gasteiger partial charge in [0.15, 0.2) is 0 Å². The standard InChI is InChI=1S/C15H21N3O2/c1-10(16)14(19)18-13-9-12(7-8-17-15(13)20)11-5-3-2-4-6-11/h2-6,10,12-13H,7-9,16H2,1H3,(H,17,20)(H,18,19)/t10-,12-,13-/m0/s1. The summed E-state index contributed by atoms with van der Waals surface area (Å²) in [5.41, 5.74) is 6.74. The van der Waals surface area contributed by atoms with Gasteiger partial charge in [-0.2, -0.15) is 0 Å². The smallest absolute Gasteiger partial charge is 0.242 e. The van der Waals surface area contributed by atoms with E-state index in [4.69, 9.17) is 5.73 Å². The van der Waals surface area contributed by atoms with Gasteiger partial charge in [-0.1, -0.05) is 30.3 Å². The summed E-state index contributed by atoms with van der Waals surface area (Å²) in [5.74, 6) is -0.162. The summed E-state index contributed by atoms with van der Waals surface area (Å²) in [6, 6.07) is 8.95. The molecule has 4 N–H and O–H groups in total. The third-order valence-corrected chi connectivity index (χ3v) is 3.63. The Balaban J connectivity index is 2.10. The fourth-order valence-corrected chi connectivity index (χ4v) is 2.46. The van der Waals surface area contributed by atoms with Crippen LogP contribution in [0.1, 0.15) is 31.2 Å². The highest BCUT2D eigenvalue weighted by Gasteiger charge is 2.28. The van der Waals surface area contributed by atoms with Gasteiger partial charge in [-0.05, 0) is 31.2 Å². The molecule has 2 rings (SSSR count). The summed E-state index contributed by atoms with van der Waals surface area (Å²) in [4.78, 5) is 23.7. The number of carbonyl (C=O) groups is 2. The Labute approximate surface area is 118 Å². The zero-order valence-electron chi connectivity index (χ0n) is 11.6. The van der Waals surface area contributed by atoms with E-state index in [2.05, 4.69) is 22.8 Å². The van der Waals surface area contributed by atoms with E-state index in [9.17, 15) is 9.59 Å². The maximum absolute atomic E-state index is 12.0. The predicted octanol–water partition coefficient (Wildman–Crippen LogP) is 0.512. The van der Waals surface area contributed by atoms with Gasteiger partial charge in [0.05, 0.1) is 6.04 Å². The molecule has 0 aromatic heterocycles. The summed E-state index contributed by atoms with van der Waals surface area (Å²) in [5, 5.41) is 5.58. The molecule has 1 aliphatic rings. The Morgan fingerprint density at radius 2 is 2.10 bits per heavy atom. The van der Waals surface area contributed by atoms with Gasteiger partial charge in [0.25, 0.3) is 0 Å². The van der Waals surface area contributed by atoms with E-state index in [0.29, 0.717) is 13.0 Å².